The van der Waals surface area contributed by atoms with Crippen LogP contribution in [0.15, 0.2) is 0 Å². The maximum absolute atomic E-state index is 10.3. The van der Waals surface area contributed by atoms with Crippen LogP contribution in [0.25, 0.3) is 0 Å². The number of hydrogen-bond acceptors (Lipinski definition) is 7. The van der Waals surface area contributed by atoms with Crippen molar-refractivity contribution in [2.24, 2.45) is 11.5 Å². The van der Waals surface area contributed by atoms with Crippen LogP contribution in [0.2, 0.25) is 0 Å². The van der Waals surface area contributed by atoms with Gasteiger partial charge in [-0.25, -0.2) is 0 Å². The first-order valence-electron chi connectivity index (χ1n) is 4.60. The molecule has 0 unspecified atom stereocenters. The average molecular weight is 299 g/mol. The van der Waals surface area contributed by atoms with Crippen molar-refractivity contribution in [1.29, 1.82) is 0 Å². The highest BCUT2D eigenvalue weighted by Crippen LogP contribution is 1.91. The summed E-state index contributed by atoms with van der Waals surface area (Å²) in [5, 5.41) is 23.3. The minimum atomic E-state index is -1.07. The number of carboxylic acids is 3. The summed E-state index contributed by atoms with van der Waals surface area (Å²) in [7, 11) is 0. The van der Waals surface area contributed by atoms with Gasteiger partial charge in [0.05, 0.1) is 13.1 Å². The van der Waals surface area contributed by atoms with Gasteiger partial charge in [-0.05, 0) is 0 Å². The second-order valence-corrected chi connectivity index (χ2v) is 3.15. The van der Waals surface area contributed by atoms with Crippen molar-refractivity contribution >= 4 is 36.6 Å². The lowest BCUT2D eigenvalue weighted by molar-refractivity contribution is -0.140. The zero-order valence-corrected chi connectivity index (χ0v) is 11.0. The van der Waals surface area contributed by atoms with Crippen LogP contribution in [-0.2, 0) is 19.2 Å². The average Bonchev–Trinajstić information content (AvgIpc) is 2.29. The van der Waals surface area contributed by atoms with Gasteiger partial charge < -0.3 is 26.8 Å². The Morgan fingerprint density at radius 1 is 0.947 bits per heavy atom. The van der Waals surface area contributed by atoms with Gasteiger partial charge in [0.25, 0.3) is 0 Å². The molecule has 0 rings (SSSR count). The molecule has 0 radical (unpaired) electrons. The minimum absolute atomic E-state index is 0.278. The molecule has 0 fully saturated rings. The van der Waals surface area contributed by atoms with Gasteiger partial charge in [-0.3, -0.25) is 23.5 Å². The van der Waals surface area contributed by atoms with Gasteiger partial charge >= 0.3 is 17.9 Å². The number of amides is 1. The van der Waals surface area contributed by atoms with E-state index in [1.54, 1.807) is 0 Å². The molecule has 0 aromatic heterocycles. The molecule has 0 aliphatic rings. The first kappa shape index (κ1) is 22.3. The van der Waals surface area contributed by atoms with Crippen LogP contribution in [0, 0.1) is 0 Å². The van der Waals surface area contributed by atoms with Gasteiger partial charge in [0, 0.05) is 6.92 Å². The van der Waals surface area contributed by atoms with Gasteiger partial charge in [-0.15, -0.1) is 0 Å². The van der Waals surface area contributed by atoms with Gasteiger partial charge in [0.1, 0.15) is 6.54 Å². The molecule has 19 heavy (non-hydrogen) atoms. The maximum Gasteiger partial charge on any atom is 0.324 e. The number of rotatable bonds is 4. The number of nitrogens with zero attached hydrogens (tertiary/aromatic N) is 1. The third-order valence-corrected chi connectivity index (χ3v) is 1.42. The first-order chi connectivity index (χ1) is 8.58. The van der Waals surface area contributed by atoms with E-state index >= 15 is 0 Å². The number of hydrogen-bond donors (Lipinski definition) is 6. The Labute approximate surface area is 114 Å². The quantitative estimate of drug-likeness (QED) is 0.314. The second-order valence-electron chi connectivity index (χ2n) is 2.67. The minimum Gasteiger partial charge on any atom is -0.480 e. The van der Waals surface area contributed by atoms with Gasteiger partial charge in [0.2, 0.25) is 5.91 Å². The molecule has 10 nitrogen and oxygen atoms in total. The topological polar surface area (TPSA) is 184 Å². The number of carboxylic acid groups (broad SMARTS) is 3. The highest BCUT2D eigenvalue weighted by atomic mass is 32.1. The number of carbonyl (C=O) groups excluding carboxylic acids is 1. The van der Waals surface area contributed by atoms with E-state index in [1.807, 2.05) is 0 Å². The third-order valence-electron chi connectivity index (χ3n) is 0.998. The van der Waals surface area contributed by atoms with Crippen LogP contribution in [-0.4, -0.2) is 63.1 Å². The summed E-state index contributed by atoms with van der Waals surface area (Å²) in [6, 6.07) is 0. The van der Waals surface area contributed by atoms with Crippen LogP contribution in [0.4, 0.5) is 0 Å². The molecular weight excluding hydrogens is 282 g/mol. The van der Waals surface area contributed by atoms with Crippen LogP contribution in [0.5, 0.6) is 0 Å². The van der Waals surface area contributed by atoms with E-state index in [2.05, 4.69) is 24.3 Å². The molecule has 0 aromatic carbocycles. The molecule has 0 aromatic rings. The summed E-state index contributed by atoms with van der Waals surface area (Å²) < 4.78 is 0.822. The van der Waals surface area contributed by atoms with E-state index in [0.717, 1.165) is 4.31 Å². The molecule has 0 bridgehead atoms. The monoisotopic (exact) mass is 299 g/mol. The zero-order chi connectivity index (χ0) is 16.0. The standard InChI is InChI=1S/C4H7NO3S.2C2H5NO2/c1-3(6)5(9)2-4(7)8;2*3-1-2(4)5/h9H,2H2,1H3,(H,7,8);2*1,3H2,(H,4,5). The summed E-state index contributed by atoms with van der Waals surface area (Å²) >= 11 is 3.57. The Kier molecular flexibility index (Phi) is 16.7. The Bertz CT molecular complexity index is 297. The van der Waals surface area contributed by atoms with E-state index in [9.17, 15) is 19.2 Å². The second kappa shape index (κ2) is 14.2. The van der Waals surface area contributed by atoms with Crippen molar-refractivity contribution < 1.29 is 34.5 Å². The van der Waals surface area contributed by atoms with Crippen LogP contribution < -0.4 is 11.5 Å². The molecular formula is C8H17N3O7S. The third kappa shape index (κ3) is 31.4. The number of nitrogens with two attached hydrogens (primary N) is 2. The van der Waals surface area contributed by atoms with Crippen LogP contribution >= 0.6 is 12.8 Å². The molecule has 0 aliphatic carbocycles. The molecule has 7 N–H and O–H groups in total. The summed E-state index contributed by atoms with van der Waals surface area (Å²) in [5.74, 6) is -3.38. The van der Waals surface area contributed by atoms with E-state index in [0.29, 0.717) is 0 Å². The van der Waals surface area contributed by atoms with E-state index in [1.165, 1.54) is 6.92 Å². The molecule has 0 atom stereocenters. The Hall–Kier alpha value is -1.85. The summed E-state index contributed by atoms with van der Waals surface area (Å²) in [5.41, 5.74) is 9.14. The highest BCUT2D eigenvalue weighted by molar-refractivity contribution is 7.78. The summed E-state index contributed by atoms with van der Waals surface area (Å²) in [6.45, 7) is 0.328. The van der Waals surface area contributed by atoms with Crippen molar-refractivity contribution in [2.75, 3.05) is 19.6 Å². The predicted molar refractivity (Wildman–Crippen MR) is 67.4 cm³/mol. The lowest BCUT2D eigenvalue weighted by Gasteiger charge is -2.07. The fourth-order valence-corrected chi connectivity index (χ4v) is 0.360. The molecule has 0 heterocycles. The lowest BCUT2D eigenvalue weighted by atomic mass is 10.6. The van der Waals surface area contributed by atoms with Crippen LogP contribution in [0.1, 0.15) is 6.92 Å². The van der Waals surface area contributed by atoms with E-state index < -0.39 is 17.9 Å². The Morgan fingerprint density at radius 3 is 1.26 bits per heavy atom. The highest BCUT2D eigenvalue weighted by Gasteiger charge is 2.06. The van der Waals surface area contributed by atoms with Crippen molar-refractivity contribution in [3.8, 4) is 0 Å². The van der Waals surface area contributed by atoms with Crippen LogP contribution in [0.3, 0.4) is 0 Å². The molecule has 0 saturated carbocycles. The van der Waals surface area contributed by atoms with Crippen molar-refractivity contribution in [3.05, 3.63) is 0 Å². The Morgan fingerprint density at radius 2 is 1.21 bits per heavy atom. The van der Waals surface area contributed by atoms with Gasteiger partial charge in [0.15, 0.2) is 0 Å². The molecule has 0 aliphatic heterocycles. The first-order valence-corrected chi connectivity index (χ1v) is 5.00. The summed E-state index contributed by atoms with van der Waals surface area (Å²) in [4.78, 5) is 38.6. The van der Waals surface area contributed by atoms with Crippen molar-refractivity contribution in [1.82, 2.24) is 4.31 Å². The summed E-state index contributed by atoms with van der Waals surface area (Å²) in [6.07, 6.45) is 0. The lowest BCUT2D eigenvalue weighted by Crippen LogP contribution is -2.24. The molecule has 0 saturated heterocycles. The van der Waals surface area contributed by atoms with Crippen molar-refractivity contribution in [2.45, 2.75) is 6.92 Å². The fourth-order valence-electron chi connectivity index (χ4n) is 0.239. The molecule has 112 valence electrons. The van der Waals surface area contributed by atoms with Crippen molar-refractivity contribution in [3.63, 3.8) is 0 Å². The maximum atomic E-state index is 10.3. The Balaban J connectivity index is -0.000000219. The number of aliphatic carboxylic acids is 3. The zero-order valence-electron chi connectivity index (χ0n) is 10.1. The molecule has 11 heteroatoms. The largest absolute Gasteiger partial charge is 0.480 e. The number of thiol groups is 1. The fraction of sp³-hybridized carbons (Fsp3) is 0.500. The number of carbonyl (C=O) groups is 4. The molecule has 1 amide bonds. The SMILES string of the molecule is CC(=O)N(S)CC(=O)O.NCC(=O)O.NCC(=O)O. The van der Waals surface area contributed by atoms with Gasteiger partial charge in [-0.2, -0.15) is 0 Å². The van der Waals surface area contributed by atoms with E-state index in [4.69, 9.17) is 15.3 Å². The normalized spacial score (nSPS) is 8.00. The smallest absolute Gasteiger partial charge is 0.324 e. The van der Waals surface area contributed by atoms with Gasteiger partial charge in [-0.1, -0.05) is 12.8 Å². The van der Waals surface area contributed by atoms with E-state index in [-0.39, 0.29) is 25.5 Å². The molecule has 0 spiro atoms. The predicted octanol–water partition coefficient (Wildman–Crippen LogP) is -2.18.